The van der Waals surface area contributed by atoms with E-state index in [1.807, 2.05) is 18.2 Å². The van der Waals surface area contributed by atoms with E-state index in [2.05, 4.69) is 6.07 Å². The Morgan fingerprint density at radius 1 is 1.32 bits per heavy atom. The molecule has 0 bridgehead atoms. The minimum Gasteiger partial charge on any atom is -0.481 e. The van der Waals surface area contributed by atoms with Crippen molar-refractivity contribution >= 4 is 11.9 Å². The molecule has 0 spiro atoms. The molecule has 1 aliphatic heterocycles. The zero-order chi connectivity index (χ0) is 13.8. The lowest BCUT2D eigenvalue weighted by molar-refractivity contribution is -0.137. The molecule has 0 aliphatic carbocycles. The Morgan fingerprint density at radius 2 is 2.00 bits per heavy atom. The van der Waals surface area contributed by atoms with E-state index >= 15 is 0 Å². The molecule has 1 aromatic rings. The lowest BCUT2D eigenvalue weighted by Crippen LogP contribution is -2.46. The van der Waals surface area contributed by atoms with Gasteiger partial charge < -0.3 is 15.7 Å². The van der Waals surface area contributed by atoms with E-state index in [1.54, 1.807) is 4.90 Å². The zero-order valence-electron chi connectivity index (χ0n) is 10.7. The van der Waals surface area contributed by atoms with Gasteiger partial charge in [-0.05, 0) is 24.0 Å². The summed E-state index contributed by atoms with van der Waals surface area (Å²) in [5, 5.41) is 8.60. The molecule has 3 N–H and O–H groups in total. The molecule has 1 aliphatic rings. The summed E-state index contributed by atoms with van der Waals surface area (Å²) in [5.41, 5.74) is 8.18. The largest absolute Gasteiger partial charge is 0.481 e. The maximum absolute atomic E-state index is 12.1. The van der Waals surface area contributed by atoms with Gasteiger partial charge in [-0.1, -0.05) is 24.3 Å². The summed E-state index contributed by atoms with van der Waals surface area (Å²) in [6.07, 6.45) is 0.942. The predicted molar refractivity (Wildman–Crippen MR) is 70.4 cm³/mol. The van der Waals surface area contributed by atoms with Crippen molar-refractivity contribution in [3.63, 3.8) is 0 Å². The van der Waals surface area contributed by atoms with Gasteiger partial charge in [0.1, 0.15) is 0 Å². The van der Waals surface area contributed by atoms with Crippen LogP contribution in [-0.4, -0.2) is 34.5 Å². The fourth-order valence-electron chi connectivity index (χ4n) is 2.32. The van der Waals surface area contributed by atoms with Crippen LogP contribution in [0, 0.1) is 0 Å². The molecular weight excluding hydrogens is 244 g/mol. The van der Waals surface area contributed by atoms with Crippen molar-refractivity contribution in [1.82, 2.24) is 4.90 Å². The maximum atomic E-state index is 12.1. The van der Waals surface area contributed by atoms with Crippen molar-refractivity contribution in [2.75, 3.05) is 6.54 Å². The first kappa shape index (κ1) is 13.5. The Hall–Kier alpha value is -1.88. The van der Waals surface area contributed by atoms with E-state index < -0.39 is 12.0 Å². The van der Waals surface area contributed by atoms with Crippen LogP contribution in [-0.2, 0) is 22.6 Å². The minimum atomic E-state index is -0.924. The first-order chi connectivity index (χ1) is 9.08. The zero-order valence-corrected chi connectivity index (χ0v) is 10.7. The van der Waals surface area contributed by atoms with Crippen molar-refractivity contribution < 1.29 is 14.7 Å². The second-order valence-corrected chi connectivity index (χ2v) is 4.82. The summed E-state index contributed by atoms with van der Waals surface area (Å²) in [6, 6.07) is 7.31. The van der Waals surface area contributed by atoms with Crippen molar-refractivity contribution in [1.29, 1.82) is 0 Å². The summed E-state index contributed by atoms with van der Waals surface area (Å²) in [7, 11) is 0. The Morgan fingerprint density at radius 3 is 2.68 bits per heavy atom. The number of fused-ring (bicyclic) bond motifs is 1. The van der Waals surface area contributed by atoms with Crippen LogP contribution >= 0.6 is 0 Å². The average Bonchev–Trinajstić information content (AvgIpc) is 2.43. The maximum Gasteiger partial charge on any atom is 0.303 e. The first-order valence-electron chi connectivity index (χ1n) is 6.41. The quantitative estimate of drug-likeness (QED) is 0.839. The first-order valence-corrected chi connectivity index (χ1v) is 6.41. The van der Waals surface area contributed by atoms with Crippen LogP contribution in [0.2, 0.25) is 0 Å². The van der Waals surface area contributed by atoms with Crippen molar-refractivity contribution in [3.8, 4) is 0 Å². The number of rotatable bonds is 4. The third-order valence-corrected chi connectivity index (χ3v) is 3.43. The van der Waals surface area contributed by atoms with E-state index in [-0.39, 0.29) is 18.7 Å². The number of nitrogens with zero attached hydrogens (tertiary/aromatic N) is 1. The number of aliphatic carboxylic acids is 1. The molecule has 0 saturated heterocycles. The molecule has 1 aromatic carbocycles. The second-order valence-electron chi connectivity index (χ2n) is 4.82. The Bertz CT molecular complexity index is 487. The van der Waals surface area contributed by atoms with E-state index in [0.29, 0.717) is 13.1 Å². The van der Waals surface area contributed by atoms with Gasteiger partial charge in [-0.15, -0.1) is 0 Å². The number of nitrogens with two attached hydrogens (primary N) is 1. The number of amides is 1. The molecule has 0 fully saturated rings. The highest BCUT2D eigenvalue weighted by Gasteiger charge is 2.24. The van der Waals surface area contributed by atoms with E-state index in [1.165, 1.54) is 5.56 Å². The summed E-state index contributed by atoms with van der Waals surface area (Å²) < 4.78 is 0. The molecule has 1 atom stereocenters. The molecule has 0 aromatic heterocycles. The highest BCUT2D eigenvalue weighted by Crippen LogP contribution is 2.19. The van der Waals surface area contributed by atoms with Gasteiger partial charge in [-0.3, -0.25) is 9.59 Å². The summed E-state index contributed by atoms with van der Waals surface area (Å²) in [4.78, 5) is 24.3. The van der Waals surface area contributed by atoms with Gasteiger partial charge >= 0.3 is 5.97 Å². The molecule has 0 saturated carbocycles. The summed E-state index contributed by atoms with van der Waals surface area (Å²) in [5.74, 6) is -1.08. The average molecular weight is 262 g/mol. The number of benzene rings is 1. The molecule has 2 rings (SSSR count). The molecule has 5 heteroatoms. The monoisotopic (exact) mass is 262 g/mol. The van der Waals surface area contributed by atoms with Gasteiger partial charge in [0.05, 0.1) is 6.04 Å². The molecule has 19 heavy (non-hydrogen) atoms. The third kappa shape index (κ3) is 3.32. The highest BCUT2D eigenvalue weighted by atomic mass is 16.4. The Balaban J connectivity index is 1.96. The topological polar surface area (TPSA) is 83.6 Å². The van der Waals surface area contributed by atoms with Crippen molar-refractivity contribution in [2.45, 2.75) is 31.8 Å². The Labute approximate surface area is 112 Å². The normalized spacial score (nSPS) is 15.7. The molecular formula is C14H18N2O3. The van der Waals surface area contributed by atoms with Gasteiger partial charge in [-0.2, -0.15) is 0 Å². The number of carboxylic acid groups (broad SMARTS) is 1. The molecule has 1 heterocycles. The molecule has 1 unspecified atom stereocenters. The Kier molecular flexibility index (Phi) is 4.16. The molecule has 1 amide bonds. The smallest absolute Gasteiger partial charge is 0.303 e. The standard InChI is InChI=1S/C14H18N2O3/c15-12(5-6-13(17)18)14(19)16-8-7-10-3-1-2-4-11(10)9-16/h1-4,12H,5-9,15H2,(H,17,18). The van der Waals surface area contributed by atoms with Gasteiger partial charge in [0.2, 0.25) is 5.91 Å². The molecule has 0 radical (unpaired) electrons. The SMILES string of the molecule is NC(CCC(=O)O)C(=O)N1CCc2ccccc2C1. The number of hydrogen-bond acceptors (Lipinski definition) is 3. The van der Waals surface area contributed by atoms with Gasteiger partial charge in [-0.25, -0.2) is 0 Å². The second kappa shape index (κ2) is 5.84. The lowest BCUT2D eigenvalue weighted by Gasteiger charge is -2.30. The van der Waals surface area contributed by atoms with Crippen molar-refractivity contribution in [3.05, 3.63) is 35.4 Å². The van der Waals surface area contributed by atoms with Crippen LogP contribution in [0.15, 0.2) is 24.3 Å². The lowest BCUT2D eigenvalue weighted by atomic mass is 9.99. The molecule has 102 valence electrons. The van der Waals surface area contributed by atoms with Crippen LogP contribution in [0.1, 0.15) is 24.0 Å². The minimum absolute atomic E-state index is 0.0721. The van der Waals surface area contributed by atoms with Crippen molar-refractivity contribution in [2.24, 2.45) is 5.73 Å². The van der Waals surface area contributed by atoms with Crippen LogP contribution in [0.4, 0.5) is 0 Å². The fourth-order valence-corrected chi connectivity index (χ4v) is 2.32. The number of carboxylic acids is 1. The fraction of sp³-hybridized carbons (Fsp3) is 0.429. The summed E-state index contributed by atoms with van der Waals surface area (Å²) in [6.45, 7) is 1.21. The van der Waals surface area contributed by atoms with E-state index in [4.69, 9.17) is 10.8 Å². The van der Waals surface area contributed by atoms with E-state index in [0.717, 1.165) is 12.0 Å². The van der Waals surface area contributed by atoms with Crippen LogP contribution in [0.3, 0.4) is 0 Å². The number of carbonyl (C=O) groups is 2. The highest BCUT2D eigenvalue weighted by molar-refractivity contribution is 5.82. The van der Waals surface area contributed by atoms with Gasteiger partial charge in [0, 0.05) is 19.5 Å². The summed E-state index contributed by atoms with van der Waals surface area (Å²) >= 11 is 0. The number of carbonyl (C=O) groups excluding carboxylic acids is 1. The van der Waals surface area contributed by atoms with E-state index in [9.17, 15) is 9.59 Å². The van der Waals surface area contributed by atoms with Crippen LogP contribution < -0.4 is 5.73 Å². The van der Waals surface area contributed by atoms with Crippen LogP contribution in [0.25, 0.3) is 0 Å². The van der Waals surface area contributed by atoms with Crippen LogP contribution in [0.5, 0.6) is 0 Å². The van der Waals surface area contributed by atoms with Gasteiger partial charge in [0.25, 0.3) is 0 Å². The number of hydrogen-bond donors (Lipinski definition) is 2. The van der Waals surface area contributed by atoms with Gasteiger partial charge in [0.15, 0.2) is 0 Å². The predicted octanol–water partition coefficient (Wildman–Crippen LogP) is 0.763. The molecule has 5 nitrogen and oxygen atoms in total. The third-order valence-electron chi connectivity index (χ3n) is 3.43.